The molecule has 17 heavy (non-hydrogen) atoms. The molecule has 2 N–H and O–H groups in total. The summed E-state index contributed by atoms with van der Waals surface area (Å²) in [6.07, 6.45) is 3.40. The Morgan fingerprint density at radius 3 is 2.82 bits per heavy atom. The van der Waals surface area contributed by atoms with Gasteiger partial charge in [-0.15, -0.1) is 11.3 Å². The number of nitrogen functional groups attached to an aromatic ring is 1. The first-order chi connectivity index (χ1) is 8.33. The summed E-state index contributed by atoms with van der Waals surface area (Å²) in [7, 11) is 0. The topological polar surface area (TPSA) is 77.6 Å². The summed E-state index contributed by atoms with van der Waals surface area (Å²) < 4.78 is 0. The lowest BCUT2D eigenvalue weighted by molar-refractivity contribution is 0.962. The van der Waals surface area contributed by atoms with Crippen LogP contribution in [0.5, 0.6) is 0 Å². The number of aromatic nitrogens is 4. The maximum atomic E-state index is 5.67. The number of anilines is 1. The van der Waals surface area contributed by atoms with Crippen LogP contribution in [0.15, 0.2) is 40.1 Å². The first-order valence-electron chi connectivity index (χ1n) is 4.78. The Labute approximate surface area is 105 Å². The van der Waals surface area contributed by atoms with Crippen molar-refractivity contribution in [3.63, 3.8) is 0 Å². The minimum atomic E-state index is 0.276. The van der Waals surface area contributed by atoms with Crippen LogP contribution in [-0.2, 0) is 0 Å². The Bertz CT molecular complexity index is 652. The molecule has 0 atom stereocenters. The van der Waals surface area contributed by atoms with Crippen molar-refractivity contribution < 1.29 is 0 Å². The molecule has 5 nitrogen and oxygen atoms in total. The summed E-state index contributed by atoms with van der Waals surface area (Å²) in [5, 5.41) is 4.40. The molecule has 84 valence electrons. The maximum absolute atomic E-state index is 5.67. The summed E-state index contributed by atoms with van der Waals surface area (Å²) in [6.45, 7) is 0. The van der Waals surface area contributed by atoms with E-state index in [1.807, 2.05) is 11.4 Å². The van der Waals surface area contributed by atoms with Gasteiger partial charge in [0.2, 0.25) is 5.95 Å². The maximum Gasteiger partial charge on any atom is 0.222 e. The van der Waals surface area contributed by atoms with Crippen LogP contribution in [0.3, 0.4) is 0 Å². The molecule has 0 aliphatic rings. The zero-order valence-corrected chi connectivity index (χ0v) is 10.2. The molecular weight excluding hydrogens is 254 g/mol. The summed E-state index contributed by atoms with van der Waals surface area (Å²) in [4.78, 5) is 17.6. The predicted molar refractivity (Wildman–Crippen MR) is 68.0 cm³/mol. The number of fused-ring (bicyclic) bond motifs is 1. The smallest absolute Gasteiger partial charge is 0.222 e. The Morgan fingerprint density at radius 1 is 1.18 bits per heavy atom. The van der Waals surface area contributed by atoms with Crippen molar-refractivity contribution in [3.05, 3.63) is 29.9 Å². The van der Waals surface area contributed by atoms with E-state index in [-0.39, 0.29) is 5.95 Å². The van der Waals surface area contributed by atoms with Crippen molar-refractivity contribution >= 4 is 39.3 Å². The summed E-state index contributed by atoms with van der Waals surface area (Å²) in [6, 6.07) is 3.75. The van der Waals surface area contributed by atoms with Gasteiger partial charge in [0, 0.05) is 17.8 Å². The van der Waals surface area contributed by atoms with Crippen LogP contribution >= 0.6 is 23.1 Å². The third-order valence-electron chi connectivity index (χ3n) is 2.04. The van der Waals surface area contributed by atoms with E-state index in [4.69, 9.17) is 5.73 Å². The molecule has 0 aromatic carbocycles. The highest BCUT2D eigenvalue weighted by atomic mass is 32.2. The molecule has 0 spiro atoms. The molecular formula is C10H7N5S2. The highest BCUT2D eigenvalue weighted by molar-refractivity contribution is 7.99. The van der Waals surface area contributed by atoms with Crippen LogP contribution in [0.1, 0.15) is 0 Å². The molecule has 0 radical (unpaired) electrons. The Kier molecular flexibility index (Phi) is 2.62. The zero-order valence-electron chi connectivity index (χ0n) is 8.57. The second-order valence-corrected chi connectivity index (χ2v) is 5.01. The normalized spacial score (nSPS) is 10.8. The molecule has 0 fully saturated rings. The number of nitrogens with zero attached hydrogens (tertiary/aromatic N) is 4. The van der Waals surface area contributed by atoms with Crippen LogP contribution < -0.4 is 5.73 Å². The third-order valence-corrected chi connectivity index (χ3v) is 3.74. The monoisotopic (exact) mass is 261 g/mol. The van der Waals surface area contributed by atoms with E-state index >= 15 is 0 Å². The summed E-state index contributed by atoms with van der Waals surface area (Å²) in [5.41, 5.74) is 5.67. The largest absolute Gasteiger partial charge is 0.368 e. The number of rotatable bonds is 2. The molecule has 7 heteroatoms. The molecule has 0 saturated carbocycles. The number of hydrogen-bond donors (Lipinski definition) is 1. The van der Waals surface area contributed by atoms with Gasteiger partial charge >= 0.3 is 0 Å². The van der Waals surface area contributed by atoms with Gasteiger partial charge in [0.05, 0.1) is 0 Å². The average Bonchev–Trinajstić information content (AvgIpc) is 2.78. The van der Waals surface area contributed by atoms with Crippen molar-refractivity contribution in [2.75, 3.05) is 5.73 Å². The number of hydrogen-bond acceptors (Lipinski definition) is 7. The molecule has 3 aromatic rings. The minimum absolute atomic E-state index is 0.276. The van der Waals surface area contributed by atoms with Gasteiger partial charge in [-0.2, -0.15) is 0 Å². The van der Waals surface area contributed by atoms with Crippen molar-refractivity contribution in [3.8, 4) is 0 Å². The summed E-state index contributed by atoms with van der Waals surface area (Å²) in [5.74, 6) is 0.276. The molecule has 3 heterocycles. The number of thiophene rings is 1. The Morgan fingerprint density at radius 2 is 2.00 bits per heavy atom. The van der Waals surface area contributed by atoms with Crippen molar-refractivity contribution in [1.29, 1.82) is 0 Å². The van der Waals surface area contributed by atoms with E-state index in [1.165, 1.54) is 11.8 Å². The fourth-order valence-corrected chi connectivity index (χ4v) is 3.00. The van der Waals surface area contributed by atoms with Crippen LogP contribution in [-0.4, -0.2) is 19.9 Å². The molecule has 0 amide bonds. The predicted octanol–water partition coefficient (Wildman–Crippen LogP) is 2.21. The Balaban J connectivity index is 2.08. The second-order valence-electron chi connectivity index (χ2n) is 3.16. The van der Waals surface area contributed by atoms with Gasteiger partial charge in [0.15, 0.2) is 5.16 Å². The van der Waals surface area contributed by atoms with E-state index < -0.39 is 0 Å². The Hall–Kier alpha value is -1.73. The third kappa shape index (κ3) is 2.06. The molecule has 0 bridgehead atoms. The highest BCUT2D eigenvalue weighted by Gasteiger charge is 2.09. The highest BCUT2D eigenvalue weighted by Crippen LogP contribution is 2.31. The molecule has 0 aliphatic carbocycles. The first-order valence-corrected chi connectivity index (χ1v) is 6.48. The van der Waals surface area contributed by atoms with Gasteiger partial charge in [0.25, 0.3) is 0 Å². The second kappa shape index (κ2) is 4.27. The van der Waals surface area contributed by atoms with Gasteiger partial charge in [-0.1, -0.05) is 0 Å². The van der Waals surface area contributed by atoms with Crippen LogP contribution in [0.2, 0.25) is 0 Å². The van der Waals surface area contributed by atoms with Crippen LogP contribution in [0, 0.1) is 0 Å². The molecule has 0 aliphatic heterocycles. The lowest BCUT2D eigenvalue weighted by Gasteiger charge is -2.01. The van der Waals surface area contributed by atoms with Crippen molar-refractivity contribution in [1.82, 2.24) is 19.9 Å². The summed E-state index contributed by atoms with van der Waals surface area (Å²) >= 11 is 2.93. The van der Waals surface area contributed by atoms with Crippen LogP contribution in [0.25, 0.3) is 10.2 Å². The SMILES string of the molecule is Nc1nc(Sc2ncccn2)c2ccsc2n1. The van der Waals surface area contributed by atoms with Gasteiger partial charge in [-0.05, 0) is 29.3 Å². The number of nitrogens with two attached hydrogens (primary N) is 1. The first kappa shape index (κ1) is 10.4. The van der Waals surface area contributed by atoms with E-state index in [2.05, 4.69) is 19.9 Å². The van der Waals surface area contributed by atoms with Gasteiger partial charge in [-0.25, -0.2) is 19.9 Å². The molecule has 0 saturated heterocycles. The van der Waals surface area contributed by atoms with Gasteiger partial charge < -0.3 is 5.73 Å². The van der Waals surface area contributed by atoms with E-state index in [9.17, 15) is 0 Å². The van der Waals surface area contributed by atoms with Crippen molar-refractivity contribution in [2.45, 2.75) is 10.2 Å². The van der Waals surface area contributed by atoms with Gasteiger partial charge in [0.1, 0.15) is 9.86 Å². The fourth-order valence-electron chi connectivity index (χ4n) is 1.35. The van der Waals surface area contributed by atoms with Crippen LogP contribution in [0.4, 0.5) is 5.95 Å². The zero-order chi connectivity index (χ0) is 11.7. The molecule has 3 aromatic heterocycles. The standard InChI is InChI=1S/C10H7N5S2/c11-9-14-7-6(2-5-16-7)8(15-9)17-10-12-3-1-4-13-10/h1-5H,(H2,11,14,15). The van der Waals surface area contributed by atoms with Gasteiger partial charge in [-0.3, -0.25) is 0 Å². The van der Waals surface area contributed by atoms with E-state index in [1.54, 1.807) is 29.8 Å². The van der Waals surface area contributed by atoms with E-state index in [0.717, 1.165) is 15.2 Å². The quantitative estimate of drug-likeness (QED) is 0.563. The van der Waals surface area contributed by atoms with Crippen molar-refractivity contribution in [2.24, 2.45) is 0 Å². The lowest BCUT2D eigenvalue weighted by Crippen LogP contribution is -1.96. The minimum Gasteiger partial charge on any atom is -0.368 e. The average molecular weight is 261 g/mol. The van der Waals surface area contributed by atoms with E-state index in [0.29, 0.717) is 5.16 Å². The lowest BCUT2D eigenvalue weighted by atomic mass is 10.4. The molecule has 3 rings (SSSR count). The fraction of sp³-hybridized carbons (Fsp3) is 0. The molecule has 0 unspecified atom stereocenters.